The number of rotatable bonds is 6. The molecule has 0 aromatic heterocycles. The van der Waals surface area contributed by atoms with Crippen LogP contribution < -0.4 is 0 Å². The lowest BCUT2D eigenvalue weighted by molar-refractivity contribution is 0.0361. The lowest BCUT2D eigenvalue weighted by Crippen LogP contribution is -2.55. The highest BCUT2D eigenvalue weighted by molar-refractivity contribution is 4.99. The van der Waals surface area contributed by atoms with E-state index in [4.69, 9.17) is 0 Å². The lowest BCUT2D eigenvalue weighted by atomic mass is 9.79. The Kier molecular flexibility index (Phi) is 5.70. The molecule has 0 aromatic rings. The van der Waals surface area contributed by atoms with E-state index in [0.29, 0.717) is 0 Å². The number of piperazine rings is 1. The van der Waals surface area contributed by atoms with Gasteiger partial charge in [-0.1, -0.05) is 6.92 Å². The van der Waals surface area contributed by atoms with E-state index in [-0.39, 0.29) is 0 Å². The summed E-state index contributed by atoms with van der Waals surface area (Å²) in [5, 5.41) is 0. The molecule has 0 spiro atoms. The summed E-state index contributed by atoms with van der Waals surface area (Å²) in [5.74, 6) is 1.90. The minimum Gasteiger partial charge on any atom is -0.303 e. The van der Waals surface area contributed by atoms with Gasteiger partial charge in [-0.15, -0.1) is 0 Å². The second-order valence-electron chi connectivity index (χ2n) is 10.6. The summed E-state index contributed by atoms with van der Waals surface area (Å²) >= 11 is 0. The van der Waals surface area contributed by atoms with Crippen molar-refractivity contribution >= 4 is 0 Å². The van der Waals surface area contributed by atoms with Gasteiger partial charge in [0, 0.05) is 49.3 Å². The second kappa shape index (κ2) is 7.72. The van der Waals surface area contributed by atoms with Gasteiger partial charge in [-0.25, -0.2) is 0 Å². The van der Waals surface area contributed by atoms with Gasteiger partial charge in [0.1, 0.15) is 0 Å². The van der Waals surface area contributed by atoms with Gasteiger partial charge < -0.3 is 4.90 Å². The van der Waals surface area contributed by atoms with Gasteiger partial charge in [0.25, 0.3) is 0 Å². The monoisotopic (exact) mass is 361 g/mol. The van der Waals surface area contributed by atoms with Gasteiger partial charge in [-0.3, -0.25) is 9.80 Å². The topological polar surface area (TPSA) is 9.72 Å². The van der Waals surface area contributed by atoms with Crippen LogP contribution in [0.25, 0.3) is 0 Å². The van der Waals surface area contributed by atoms with E-state index >= 15 is 0 Å². The highest BCUT2D eigenvalue weighted by atomic mass is 15.3. The third-order valence-electron chi connectivity index (χ3n) is 8.50. The van der Waals surface area contributed by atoms with Gasteiger partial charge in [0.15, 0.2) is 0 Å². The summed E-state index contributed by atoms with van der Waals surface area (Å²) in [6, 6.07) is 5.01. The van der Waals surface area contributed by atoms with Crippen molar-refractivity contribution in [2.75, 3.05) is 20.1 Å². The number of nitrogens with zero attached hydrogens (tertiary/aromatic N) is 3. The van der Waals surface area contributed by atoms with Crippen molar-refractivity contribution in [3.63, 3.8) is 0 Å². The molecular formula is C23H43N3. The Hall–Kier alpha value is -0.120. The molecule has 0 N–H and O–H groups in total. The molecule has 0 radical (unpaired) electrons. The summed E-state index contributed by atoms with van der Waals surface area (Å²) in [6.07, 6.45) is 11.6. The zero-order valence-corrected chi connectivity index (χ0v) is 18.0. The number of fused-ring (bicyclic) bond motifs is 4. The fraction of sp³-hybridized carbons (Fsp3) is 1.00. The number of likely N-dealkylation sites (tertiary alicyclic amines) is 1. The molecule has 0 aromatic carbocycles. The summed E-state index contributed by atoms with van der Waals surface area (Å²) < 4.78 is 0. The number of likely N-dealkylation sites (N-methyl/N-ethyl adjacent to an activating group) is 1. The van der Waals surface area contributed by atoms with E-state index in [1.807, 2.05) is 0 Å². The zero-order chi connectivity index (χ0) is 18.4. The van der Waals surface area contributed by atoms with E-state index in [0.717, 1.165) is 48.1 Å². The van der Waals surface area contributed by atoms with E-state index in [9.17, 15) is 0 Å². The molecule has 4 bridgehead atoms. The quantitative estimate of drug-likeness (QED) is 0.701. The van der Waals surface area contributed by atoms with Gasteiger partial charge in [-0.05, 0) is 91.0 Å². The predicted molar refractivity (Wildman–Crippen MR) is 111 cm³/mol. The van der Waals surface area contributed by atoms with Crippen molar-refractivity contribution in [1.82, 2.24) is 14.7 Å². The van der Waals surface area contributed by atoms with Crippen LogP contribution in [-0.4, -0.2) is 71.1 Å². The Labute approximate surface area is 162 Å². The average molecular weight is 362 g/mol. The van der Waals surface area contributed by atoms with Crippen molar-refractivity contribution < 1.29 is 0 Å². The van der Waals surface area contributed by atoms with E-state index < -0.39 is 0 Å². The van der Waals surface area contributed by atoms with Crippen LogP contribution in [0, 0.1) is 11.8 Å². The number of hydrogen-bond donors (Lipinski definition) is 0. The van der Waals surface area contributed by atoms with Crippen LogP contribution >= 0.6 is 0 Å². The molecule has 3 heteroatoms. The van der Waals surface area contributed by atoms with Gasteiger partial charge in [0.05, 0.1) is 0 Å². The first-order chi connectivity index (χ1) is 12.4. The average Bonchev–Trinajstić information content (AvgIpc) is 3.03. The first kappa shape index (κ1) is 19.2. The minimum atomic E-state index is 0.747. The van der Waals surface area contributed by atoms with E-state index in [1.54, 1.807) is 0 Å². The van der Waals surface area contributed by atoms with Crippen molar-refractivity contribution in [3.05, 3.63) is 0 Å². The van der Waals surface area contributed by atoms with E-state index in [1.165, 1.54) is 64.5 Å². The molecule has 6 atom stereocenters. The second-order valence-corrected chi connectivity index (χ2v) is 10.6. The molecular weight excluding hydrogens is 318 g/mol. The summed E-state index contributed by atoms with van der Waals surface area (Å²) in [6.45, 7) is 12.5. The van der Waals surface area contributed by atoms with Crippen molar-refractivity contribution in [2.24, 2.45) is 11.8 Å². The predicted octanol–water partition coefficient (Wildman–Crippen LogP) is 4.22. The van der Waals surface area contributed by atoms with Crippen LogP contribution in [0.1, 0.15) is 79.1 Å². The molecule has 26 heavy (non-hydrogen) atoms. The fourth-order valence-electron chi connectivity index (χ4n) is 7.32. The fourth-order valence-corrected chi connectivity index (χ4v) is 7.32. The molecule has 4 fully saturated rings. The Bertz CT molecular complexity index is 450. The lowest BCUT2D eigenvalue weighted by Gasteiger charge is -2.45. The van der Waals surface area contributed by atoms with Gasteiger partial charge in [-0.2, -0.15) is 0 Å². The number of hydrogen-bond acceptors (Lipinski definition) is 3. The molecule has 150 valence electrons. The standard InChI is InChI=1S/C23H43N3/c1-16(2)25-20-8-9-21(25)13-19(12-20)17(3)6-7-18(4)26-22-10-11-23(26)15-24(5)14-22/h16-23H,6-15H2,1-5H3. The molecule has 4 heterocycles. The molecule has 4 aliphatic rings. The summed E-state index contributed by atoms with van der Waals surface area (Å²) in [5.41, 5.74) is 0. The third-order valence-corrected chi connectivity index (χ3v) is 8.50. The van der Waals surface area contributed by atoms with Crippen LogP contribution in [0.5, 0.6) is 0 Å². The first-order valence-corrected chi connectivity index (χ1v) is 11.7. The van der Waals surface area contributed by atoms with Crippen LogP contribution in [0.3, 0.4) is 0 Å². The highest BCUT2D eigenvalue weighted by Crippen LogP contribution is 2.43. The smallest absolute Gasteiger partial charge is 0.0229 e. The Morgan fingerprint density at radius 1 is 0.731 bits per heavy atom. The third kappa shape index (κ3) is 3.61. The van der Waals surface area contributed by atoms with Crippen molar-refractivity contribution in [2.45, 2.75) is 115 Å². The molecule has 6 unspecified atom stereocenters. The Morgan fingerprint density at radius 3 is 1.81 bits per heavy atom. The van der Waals surface area contributed by atoms with Crippen molar-refractivity contribution in [3.8, 4) is 0 Å². The maximum Gasteiger partial charge on any atom is 0.0229 e. The van der Waals surface area contributed by atoms with Crippen LogP contribution in [0.4, 0.5) is 0 Å². The molecule has 0 amide bonds. The van der Waals surface area contributed by atoms with Crippen molar-refractivity contribution in [1.29, 1.82) is 0 Å². The van der Waals surface area contributed by atoms with E-state index in [2.05, 4.69) is 49.4 Å². The summed E-state index contributed by atoms with van der Waals surface area (Å²) in [7, 11) is 2.31. The van der Waals surface area contributed by atoms with Crippen LogP contribution in [0.2, 0.25) is 0 Å². The highest BCUT2D eigenvalue weighted by Gasteiger charge is 2.44. The minimum absolute atomic E-state index is 0.747. The SMILES string of the molecule is CC(CCC(C)N1C2CCC1CN(C)C2)C1CC2CCC(C1)N2C(C)C. The van der Waals surface area contributed by atoms with Crippen LogP contribution in [-0.2, 0) is 0 Å². The maximum atomic E-state index is 2.91. The molecule has 4 aliphatic heterocycles. The molecule has 4 saturated heterocycles. The largest absolute Gasteiger partial charge is 0.303 e. The summed E-state index contributed by atoms with van der Waals surface area (Å²) in [4.78, 5) is 8.33. The normalized spacial score (nSPS) is 41.1. The Balaban J connectivity index is 1.28. The van der Waals surface area contributed by atoms with Gasteiger partial charge in [0.2, 0.25) is 0 Å². The maximum absolute atomic E-state index is 2.91. The number of piperidine rings is 1. The van der Waals surface area contributed by atoms with Crippen LogP contribution in [0.15, 0.2) is 0 Å². The zero-order valence-electron chi connectivity index (χ0n) is 18.0. The Morgan fingerprint density at radius 2 is 1.27 bits per heavy atom. The molecule has 0 aliphatic carbocycles. The van der Waals surface area contributed by atoms with Gasteiger partial charge >= 0.3 is 0 Å². The molecule has 4 rings (SSSR count). The molecule has 0 saturated carbocycles. The molecule has 3 nitrogen and oxygen atoms in total. The first-order valence-electron chi connectivity index (χ1n) is 11.7.